The monoisotopic (exact) mass is 157 g/mol. The molecule has 0 heterocycles. The SMILES string of the molecule is CC[CH]NC(CCC)NCC. The zero-order valence-corrected chi connectivity index (χ0v) is 7.98. The van der Waals surface area contributed by atoms with Crippen LogP contribution >= 0.6 is 0 Å². The highest BCUT2D eigenvalue weighted by Crippen LogP contribution is 1.93. The number of rotatable bonds is 7. The molecule has 1 radical (unpaired) electrons. The molecule has 0 amide bonds. The topological polar surface area (TPSA) is 24.1 Å². The summed E-state index contributed by atoms with van der Waals surface area (Å²) in [4.78, 5) is 0. The summed E-state index contributed by atoms with van der Waals surface area (Å²) in [5, 5.41) is 6.71. The summed E-state index contributed by atoms with van der Waals surface area (Å²) in [5.74, 6) is 0. The standard InChI is InChI=1S/C9H21N2/c1-4-7-9(10-6-3)11-8-5-2/h8-11H,4-7H2,1-3H3. The van der Waals surface area contributed by atoms with Gasteiger partial charge in [0.05, 0.1) is 6.17 Å². The minimum Gasteiger partial charge on any atom is -0.302 e. The van der Waals surface area contributed by atoms with Gasteiger partial charge in [-0.3, -0.25) is 5.32 Å². The van der Waals surface area contributed by atoms with Gasteiger partial charge in [-0.2, -0.15) is 0 Å². The van der Waals surface area contributed by atoms with Crippen LogP contribution in [0.15, 0.2) is 0 Å². The van der Waals surface area contributed by atoms with Crippen molar-refractivity contribution in [1.29, 1.82) is 0 Å². The van der Waals surface area contributed by atoms with E-state index in [4.69, 9.17) is 0 Å². The van der Waals surface area contributed by atoms with E-state index in [2.05, 4.69) is 37.9 Å². The van der Waals surface area contributed by atoms with Gasteiger partial charge in [-0.15, -0.1) is 0 Å². The van der Waals surface area contributed by atoms with E-state index in [0.717, 1.165) is 13.0 Å². The number of hydrogen-bond acceptors (Lipinski definition) is 2. The van der Waals surface area contributed by atoms with Crippen molar-refractivity contribution >= 4 is 0 Å². The minimum atomic E-state index is 0.477. The normalized spacial score (nSPS) is 13.4. The summed E-state index contributed by atoms with van der Waals surface area (Å²) >= 11 is 0. The summed E-state index contributed by atoms with van der Waals surface area (Å²) in [7, 11) is 0. The molecule has 2 nitrogen and oxygen atoms in total. The Morgan fingerprint density at radius 2 is 2.00 bits per heavy atom. The van der Waals surface area contributed by atoms with Crippen molar-refractivity contribution in [3.63, 3.8) is 0 Å². The van der Waals surface area contributed by atoms with Crippen LogP contribution in [0.25, 0.3) is 0 Å². The fourth-order valence-electron chi connectivity index (χ4n) is 1.04. The average Bonchev–Trinajstić information content (AvgIpc) is 2.01. The van der Waals surface area contributed by atoms with Crippen LogP contribution in [0.3, 0.4) is 0 Å². The molecule has 0 saturated carbocycles. The van der Waals surface area contributed by atoms with E-state index in [9.17, 15) is 0 Å². The first kappa shape index (κ1) is 10.9. The smallest absolute Gasteiger partial charge is 0.0574 e. The second-order valence-electron chi connectivity index (χ2n) is 2.68. The van der Waals surface area contributed by atoms with Crippen molar-refractivity contribution in [2.45, 2.75) is 46.2 Å². The molecule has 0 aromatic heterocycles. The minimum absolute atomic E-state index is 0.477. The van der Waals surface area contributed by atoms with E-state index in [0.29, 0.717) is 6.17 Å². The van der Waals surface area contributed by atoms with Gasteiger partial charge in [0.15, 0.2) is 0 Å². The molecule has 0 saturated heterocycles. The molecule has 0 aromatic carbocycles. The average molecular weight is 157 g/mol. The van der Waals surface area contributed by atoms with E-state index < -0.39 is 0 Å². The second-order valence-corrected chi connectivity index (χ2v) is 2.68. The van der Waals surface area contributed by atoms with Crippen LogP contribution in [0.5, 0.6) is 0 Å². The highest BCUT2D eigenvalue weighted by atomic mass is 15.1. The van der Waals surface area contributed by atoms with Gasteiger partial charge in [-0.1, -0.05) is 27.2 Å². The van der Waals surface area contributed by atoms with Crippen LogP contribution in [-0.4, -0.2) is 12.7 Å². The first-order valence-corrected chi connectivity index (χ1v) is 4.66. The van der Waals surface area contributed by atoms with Crippen LogP contribution in [-0.2, 0) is 0 Å². The van der Waals surface area contributed by atoms with Gasteiger partial charge in [0, 0.05) is 6.54 Å². The highest BCUT2D eigenvalue weighted by Gasteiger charge is 2.02. The molecular formula is C9H21N2. The lowest BCUT2D eigenvalue weighted by Crippen LogP contribution is -2.40. The van der Waals surface area contributed by atoms with E-state index in [1.807, 2.05) is 0 Å². The molecule has 0 bridgehead atoms. The van der Waals surface area contributed by atoms with Gasteiger partial charge in [-0.05, 0) is 19.4 Å². The third kappa shape index (κ3) is 6.32. The molecule has 11 heavy (non-hydrogen) atoms. The molecule has 0 aromatic rings. The van der Waals surface area contributed by atoms with Crippen LogP contribution < -0.4 is 10.6 Å². The molecule has 0 aliphatic carbocycles. The largest absolute Gasteiger partial charge is 0.302 e. The molecule has 1 unspecified atom stereocenters. The van der Waals surface area contributed by atoms with Crippen molar-refractivity contribution < 1.29 is 0 Å². The lowest BCUT2D eigenvalue weighted by molar-refractivity contribution is 0.430. The Balaban J connectivity index is 3.34. The summed E-state index contributed by atoms with van der Waals surface area (Å²) in [6.45, 7) is 9.63. The van der Waals surface area contributed by atoms with E-state index >= 15 is 0 Å². The van der Waals surface area contributed by atoms with Crippen LogP contribution in [0.1, 0.15) is 40.0 Å². The number of hydrogen-bond donors (Lipinski definition) is 2. The van der Waals surface area contributed by atoms with Crippen LogP contribution in [0.2, 0.25) is 0 Å². The summed E-state index contributed by atoms with van der Waals surface area (Å²) in [6, 6.07) is 0. The van der Waals surface area contributed by atoms with Crippen molar-refractivity contribution in [2.75, 3.05) is 6.54 Å². The summed E-state index contributed by atoms with van der Waals surface area (Å²) < 4.78 is 0. The maximum atomic E-state index is 3.38. The molecule has 2 heteroatoms. The van der Waals surface area contributed by atoms with Crippen molar-refractivity contribution in [3.8, 4) is 0 Å². The Kier molecular flexibility index (Phi) is 7.96. The Morgan fingerprint density at radius 1 is 1.27 bits per heavy atom. The Morgan fingerprint density at radius 3 is 2.45 bits per heavy atom. The van der Waals surface area contributed by atoms with Gasteiger partial charge in [0.2, 0.25) is 0 Å². The predicted molar refractivity (Wildman–Crippen MR) is 50.1 cm³/mol. The van der Waals surface area contributed by atoms with E-state index in [1.54, 1.807) is 0 Å². The molecule has 0 rings (SSSR count). The molecule has 1 atom stereocenters. The molecular weight excluding hydrogens is 136 g/mol. The quantitative estimate of drug-likeness (QED) is 0.551. The van der Waals surface area contributed by atoms with Crippen LogP contribution in [0.4, 0.5) is 0 Å². The molecule has 0 fully saturated rings. The maximum Gasteiger partial charge on any atom is 0.0574 e. The lowest BCUT2D eigenvalue weighted by atomic mass is 10.2. The first-order chi connectivity index (χ1) is 5.35. The first-order valence-electron chi connectivity index (χ1n) is 4.66. The second kappa shape index (κ2) is 8.02. The number of nitrogens with one attached hydrogen (secondary N) is 2. The molecule has 0 aliphatic heterocycles. The molecule has 67 valence electrons. The predicted octanol–water partition coefficient (Wildman–Crippen LogP) is 1.88. The highest BCUT2D eigenvalue weighted by molar-refractivity contribution is 4.68. The molecule has 0 spiro atoms. The fourth-order valence-corrected chi connectivity index (χ4v) is 1.04. The summed E-state index contributed by atoms with van der Waals surface area (Å²) in [5.41, 5.74) is 0. The van der Waals surface area contributed by atoms with Gasteiger partial charge >= 0.3 is 0 Å². The zero-order chi connectivity index (χ0) is 8.53. The van der Waals surface area contributed by atoms with Crippen molar-refractivity contribution in [2.24, 2.45) is 0 Å². The zero-order valence-electron chi connectivity index (χ0n) is 7.98. The van der Waals surface area contributed by atoms with Crippen molar-refractivity contribution in [1.82, 2.24) is 10.6 Å². The van der Waals surface area contributed by atoms with Gasteiger partial charge in [0.25, 0.3) is 0 Å². The molecule has 0 aliphatic rings. The Hall–Kier alpha value is -0.0800. The van der Waals surface area contributed by atoms with Gasteiger partial charge in [-0.25, -0.2) is 0 Å². The van der Waals surface area contributed by atoms with E-state index in [1.165, 1.54) is 12.8 Å². The Labute approximate surface area is 70.8 Å². The molecule has 2 N–H and O–H groups in total. The maximum absolute atomic E-state index is 3.38. The lowest BCUT2D eigenvalue weighted by Gasteiger charge is -2.17. The van der Waals surface area contributed by atoms with Gasteiger partial charge in [0.1, 0.15) is 0 Å². The van der Waals surface area contributed by atoms with Crippen molar-refractivity contribution in [3.05, 3.63) is 6.54 Å². The van der Waals surface area contributed by atoms with Crippen LogP contribution in [0, 0.1) is 6.54 Å². The summed E-state index contributed by atoms with van der Waals surface area (Å²) in [6.07, 6.45) is 3.99. The third-order valence-electron chi connectivity index (χ3n) is 1.55. The fraction of sp³-hybridized carbons (Fsp3) is 0.889. The van der Waals surface area contributed by atoms with Gasteiger partial charge < -0.3 is 5.32 Å². The third-order valence-corrected chi connectivity index (χ3v) is 1.55. The Bertz CT molecular complexity index is 68.0. The van der Waals surface area contributed by atoms with E-state index in [-0.39, 0.29) is 0 Å².